The van der Waals surface area contributed by atoms with Gasteiger partial charge in [-0.25, -0.2) is 4.39 Å². The number of hydrogen-bond acceptors (Lipinski definition) is 2. The summed E-state index contributed by atoms with van der Waals surface area (Å²) in [6, 6.07) is 4.21. The van der Waals surface area contributed by atoms with Crippen molar-refractivity contribution in [3.63, 3.8) is 0 Å². The summed E-state index contributed by atoms with van der Waals surface area (Å²) >= 11 is 5.86. The van der Waals surface area contributed by atoms with Gasteiger partial charge in [-0.2, -0.15) is 0 Å². The standard InChI is InChI=1S/C19H26ClFN2O/c20-15-6-7-18(21)17(12-15)19(24)22-16-8-10-23(11-9-16)13-14-4-2-1-3-5-14/h6-7,12,14,16H,1-5,8-11,13H2,(H,22,24). The van der Waals surface area contributed by atoms with Gasteiger partial charge in [0.2, 0.25) is 0 Å². The van der Waals surface area contributed by atoms with Crippen LogP contribution < -0.4 is 5.32 Å². The SMILES string of the molecule is O=C(NC1CCN(CC2CCCCC2)CC1)c1cc(Cl)ccc1F. The molecule has 24 heavy (non-hydrogen) atoms. The number of carbonyl (C=O) groups excluding carboxylic acids is 1. The summed E-state index contributed by atoms with van der Waals surface area (Å²) in [7, 11) is 0. The largest absolute Gasteiger partial charge is 0.349 e. The Morgan fingerprint density at radius 3 is 2.58 bits per heavy atom. The maximum absolute atomic E-state index is 13.8. The average molecular weight is 353 g/mol. The number of piperidine rings is 1. The number of likely N-dealkylation sites (tertiary alicyclic amines) is 1. The average Bonchev–Trinajstić information content (AvgIpc) is 2.59. The highest BCUT2D eigenvalue weighted by molar-refractivity contribution is 6.31. The zero-order chi connectivity index (χ0) is 16.9. The fraction of sp³-hybridized carbons (Fsp3) is 0.632. The Bertz CT molecular complexity index is 566. The lowest BCUT2D eigenvalue weighted by Gasteiger charge is -2.35. The number of rotatable bonds is 4. The van der Waals surface area contributed by atoms with Gasteiger partial charge in [0.15, 0.2) is 0 Å². The van der Waals surface area contributed by atoms with E-state index in [9.17, 15) is 9.18 Å². The molecule has 0 radical (unpaired) electrons. The van der Waals surface area contributed by atoms with Crippen LogP contribution in [0.1, 0.15) is 55.3 Å². The molecule has 0 unspecified atom stereocenters. The Morgan fingerprint density at radius 2 is 1.88 bits per heavy atom. The Morgan fingerprint density at radius 1 is 1.17 bits per heavy atom. The number of nitrogens with one attached hydrogen (secondary N) is 1. The van der Waals surface area contributed by atoms with E-state index in [2.05, 4.69) is 10.2 Å². The molecule has 1 amide bonds. The monoisotopic (exact) mass is 352 g/mol. The lowest BCUT2D eigenvalue weighted by molar-refractivity contribution is 0.0897. The van der Waals surface area contributed by atoms with Gasteiger partial charge < -0.3 is 10.2 Å². The topological polar surface area (TPSA) is 32.3 Å². The van der Waals surface area contributed by atoms with Crippen molar-refractivity contribution >= 4 is 17.5 Å². The Hall–Kier alpha value is -1.13. The predicted octanol–water partition coefficient (Wildman–Crippen LogP) is 4.25. The molecule has 2 aliphatic rings. The molecule has 1 aliphatic carbocycles. The molecule has 1 N–H and O–H groups in total. The van der Waals surface area contributed by atoms with Crippen molar-refractivity contribution in [2.75, 3.05) is 19.6 Å². The van der Waals surface area contributed by atoms with Crippen LogP contribution in [0.25, 0.3) is 0 Å². The maximum Gasteiger partial charge on any atom is 0.254 e. The minimum absolute atomic E-state index is 0.0344. The Balaban J connectivity index is 1.46. The van der Waals surface area contributed by atoms with Gasteiger partial charge in [0, 0.05) is 30.7 Å². The zero-order valence-electron chi connectivity index (χ0n) is 14.1. The summed E-state index contributed by atoms with van der Waals surface area (Å²) < 4.78 is 13.8. The molecule has 5 heteroatoms. The molecule has 1 heterocycles. The third kappa shape index (κ3) is 4.70. The smallest absolute Gasteiger partial charge is 0.254 e. The Kier molecular flexibility index (Phi) is 6.12. The molecule has 132 valence electrons. The number of amides is 1. The summed E-state index contributed by atoms with van der Waals surface area (Å²) in [5.41, 5.74) is 0.0344. The molecule has 1 aliphatic heterocycles. The van der Waals surface area contributed by atoms with E-state index in [1.165, 1.54) is 56.8 Å². The minimum atomic E-state index is -0.522. The van der Waals surface area contributed by atoms with E-state index >= 15 is 0 Å². The van der Waals surface area contributed by atoms with E-state index in [1.807, 2.05) is 0 Å². The van der Waals surface area contributed by atoms with Crippen LogP contribution in [-0.2, 0) is 0 Å². The van der Waals surface area contributed by atoms with E-state index in [4.69, 9.17) is 11.6 Å². The molecule has 0 spiro atoms. The second kappa shape index (κ2) is 8.30. The number of nitrogens with zero attached hydrogens (tertiary/aromatic N) is 1. The van der Waals surface area contributed by atoms with Gasteiger partial charge in [0.1, 0.15) is 5.82 Å². The molecule has 1 saturated heterocycles. The predicted molar refractivity (Wildman–Crippen MR) is 94.9 cm³/mol. The molecule has 3 nitrogen and oxygen atoms in total. The summed E-state index contributed by atoms with van der Waals surface area (Å²) in [6.07, 6.45) is 8.74. The molecule has 1 aromatic carbocycles. The quantitative estimate of drug-likeness (QED) is 0.878. The highest BCUT2D eigenvalue weighted by Crippen LogP contribution is 2.25. The summed E-state index contributed by atoms with van der Waals surface area (Å²) in [5, 5.41) is 3.34. The lowest BCUT2D eigenvalue weighted by atomic mass is 9.88. The van der Waals surface area contributed by atoms with Crippen LogP contribution in [-0.4, -0.2) is 36.5 Å². The molecule has 0 bridgehead atoms. The molecule has 0 atom stereocenters. The number of hydrogen-bond donors (Lipinski definition) is 1. The molecule has 1 saturated carbocycles. The summed E-state index contributed by atoms with van der Waals surface area (Å²) in [5.74, 6) is -0.0298. The fourth-order valence-electron chi connectivity index (χ4n) is 3.93. The molecule has 1 aromatic rings. The third-order valence-electron chi connectivity index (χ3n) is 5.34. The van der Waals surface area contributed by atoms with Gasteiger partial charge in [-0.1, -0.05) is 30.9 Å². The van der Waals surface area contributed by atoms with Gasteiger partial charge in [-0.3, -0.25) is 4.79 Å². The van der Waals surface area contributed by atoms with Crippen molar-refractivity contribution < 1.29 is 9.18 Å². The van der Waals surface area contributed by atoms with Crippen LogP contribution in [0.15, 0.2) is 18.2 Å². The van der Waals surface area contributed by atoms with Crippen molar-refractivity contribution in [3.8, 4) is 0 Å². The van der Waals surface area contributed by atoms with Crippen LogP contribution >= 0.6 is 11.6 Å². The van der Waals surface area contributed by atoms with Crippen LogP contribution in [0.2, 0.25) is 5.02 Å². The van der Waals surface area contributed by atoms with Crippen molar-refractivity contribution in [2.24, 2.45) is 5.92 Å². The van der Waals surface area contributed by atoms with Crippen molar-refractivity contribution in [1.29, 1.82) is 0 Å². The first-order chi connectivity index (χ1) is 11.6. The van der Waals surface area contributed by atoms with E-state index in [0.29, 0.717) is 5.02 Å². The van der Waals surface area contributed by atoms with E-state index < -0.39 is 5.82 Å². The van der Waals surface area contributed by atoms with Gasteiger partial charge in [-0.05, 0) is 49.8 Å². The lowest BCUT2D eigenvalue weighted by Crippen LogP contribution is -2.46. The molecular weight excluding hydrogens is 327 g/mol. The number of carbonyl (C=O) groups is 1. The van der Waals surface area contributed by atoms with Crippen LogP contribution in [0.5, 0.6) is 0 Å². The highest BCUT2D eigenvalue weighted by Gasteiger charge is 2.24. The van der Waals surface area contributed by atoms with Crippen molar-refractivity contribution in [3.05, 3.63) is 34.6 Å². The van der Waals surface area contributed by atoms with E-state index in [-0.39, 0.29) is 17.5 Å². The van der Waals surface area contributed by atoms with Crippen LogP contribution in [0.3, 0.4) is 0 Å². The first-order valence-electron chi connectivity index (χ1n) is 9.10. The molecule has 2 fully saturated rings. The minimum Gasteiger partial charge on any atom is -0.349 e. The van der Waals surface area contributed by atoms with Gasteiger partial charge in [-0.15, -0.1) is 0 Å². The third-order valence-corrected chi connectivity index (χ3v) is 5.57. The first-order valence-corrected chi connectivity index (χ1v) is 9.48. The normalized spacial score (nSPS) is 20.9. The summed E-state index contributed by atoms with van der Waals surface area (Å²) in [4.78, 5) is 14.8. The maximum atomic E-state index is 13.8. The summed E-state index contributed by atoms with van der Waals surface area (Å²) in [6.45, 7) is 3.22. The molecule has 0 aromatic heterocycles. The first kappa shape index (κ1) is 17.7. The van der Waals surface area contributed by atoms with Gasteiger partial charge >= 0.3 is 0 Å². The van der Waals surface area contributed by atoms with E-state index in [0.717, 1.165) is 31.8 Å². The fourth-order valence-corrected chi connectivity index (χ4v) is 4.10. The second-order valence-corrected chi connectivity index (χ2v) is 7.61. The highest BCUT2D eigenvalue weighted by atomic mass is 35.5. The zero-order valence-corrected chi connectivity index (χ0v) is 14.8. The van der Waals surface area contributed by atoms with Crippen LogP contribution in [0.4, 0.5) is 4.39 Å². The van der Waals surface area contributed by atoms with Crippen molar-refractivity contribution in [2.45, 2.75) is 51.0 Å². The second-order valence-electron chi connectivity index (χ2n) is 7.18. The van der Waals surface area contributed by atoms with Crippen molar-refractivity contribution in [1.82, 2.24) is 10.2 Å². The molecule has 3 rings (SSSR count). The van der Waals surface area contributed by atoms with E-state index in [1.54, 1.807) is 0 Å². The van der Waals surface area contributed by atoms with Gasteiger partial charge in [0.25, 0.3) is 5.91 Å². The Labute approximate surface area is 148 Å². The van der Waals surface area contributed by atoms with Gasteiger partial charge in [0.05, 0.1) is 5.56 Å². The number of halogens is 2. The number of benzene rings is 1. The van der Waals surface area contributed by atoms with Crippen LogP contribution in [0, 0.1) is 11.7 Å². The molecular formula is C19H26ClFN2O.